The fourth-order valence-corrected chi connectivity index (χ4v) is 1.60. The number of nitrogens with two attached hydrogens (primary N) is 1. The van der Waals surface area contributed by atoms with Crippen LogP contribution >= 0.6 is 0 Å². The highest BCUT2D eigenvalue weighted by molar-refractivity contribution is 5.79. The van der Waals surface area contributed by atoms with Gasteiger partial charge in [-0.1, -0.05) is 6.92 Å². The minimum atomic E-state index is -0.365. The predicted molar refractivity (Wildman–Crippen MR) is 72.6 cm³/mol. The second kappa shape index (κ2) is 6.78. The fourth-order valence-electron chi connectivity index (χ4n) is 1.60. The van der Waals surface area contributed by atoms with Crippen LogP contribution in [-0.4, -0.2) is 35.5 Å². The molecule has 1 rings (SSSR count). The highest BCUT2D eigenvalue weighted by Gasteiger charge is 2.11. The Labute approximate surface area is 108 Å². The molecule has 0 aliphatic carbocycles. The number of anilines is 2. The third kappa shape index (κ3) is 4.20. The molecule has 0 aliphatic rings. The minimum Gasteiger partial charge on any atom is -0.370 e. The summed E-state index contributed by atoms with van der Waals surface area (Å²) >= 11 is 0. The maximum Gasteiger partial charge on any atom is 0.236 e. The molecule has 0 unspecified atom stereocenters. The van der Waals surface area contributed by atoms with E-state index in [1.807, 2.05) is 24.8 Å². The number of likely N-dealkylation sites (N-methyl/N-ethyl adjacent to an activating group) is 1. The number of carbonyl (C=O) groups is 1. The first-order valence-electron chi connectivity index (χ1n) is 6.19. The minimum absolute atomic E-state index is 0.167. The lowest BCUT2D eigenvalue weighted by molar-refractivity contribution is -0.116. The van der Waals surface area contributed by atoms with Gasteiger partial charge in [0.2, 0.25) is 5.91 Å². The number of amides is 1. The first-order valence-corrected chi connectivity index (χ1v) is 6.19. The fraction of sp³-hybridized carbons (Fsp3) is 0.583. The summed E-state index contributed by atoms with van der Waals surface area (Å²) in [5.74, 6) is 1.81. The average molecular weight is 251 g/mol. The summed E-state index contributed by atoms with van der Waals surface area (Å²) in [6.07, 6.45) is 1.02. The second-order valence-corrected chi connectivity index (χ2v) is 4.07. The van der Waals surface area contributed by atoms with Gasteiger partial charge in [-0.25, -0.2) is 9.97 Å². The number of aromatic nitrogens is 2. The number of hydrogen-bond donors (Lipinski definition) is 2. The van der Waals surface area contributed by atoms with E-state index in [1.54, 1.807) is 0 Å². The van der Waals surface area contributed by atoms with E-state index in [1.165, 1.54) is 0 Å². The summed E-state index contributed by atoms with van der Waals surface area (Å²) in [6.45, 7) is 7.58. The van der Waals surface area contributed by atoms with Gasteiger partial charge in [-0.2, -0.15) is 0 Å². The number of rotatable bonds is 7. The quantitative estimate of drug-likeness (QED) is 0.752. The third-order valence-corrected chi connectivity index (χ3v) is 2.43. The molecule has 0 aromatic carbocycles. The summed E-state index contributed by atoms with van der Waals surface area (Å²) in [4.78, 5) is 21.5. The summed E-state index contributed by atoms with van der Waals surface area (Å²) in [7, 11) is 0. The van der Waals surface area contributed by atoms with E-state index in [0.717, 1.165) is 24.6 Å². The normalized spacial score (nSPS) is 10.2. The molecule has 0 radical (unpaired) electrons. The van der Waals surface area contributed by atoms with Crippen molar-refractivity contribution in [2.75, 3.05) is 29.9 Å². The third-order valence-electron chi connectivity index (χ3n) is 2.43. The van der Waals surface area contributed by atoms with E-state index in [2.05, 4.69) is 22.2 Å². The molecule has 3 N–H and O–H groups in total. The average Bonchev–Trinajstić information content (AvgIpc) is 2.32. The zero-order chi connectivity index (χ0) is 13.5. The van der Waals surface area contributed by atoms with E-state index < -0.39 is 0 Å². The van der Waals surface area contributed by atoms with Crippen molar-refractivity contribution in [3.63, 3.8) is 0 Å². The first kappa shape index (κ1) is 14.2. The Hall–Kier alpha value is -1.85. The van der Waals surface area contributed by atoms with Crippen molar-refractivity contribution in [2.24, 2.45) is 5.73 Å². The van der Waals surface area contributed by atoms with Gasteiger partial charge in [0, 0.05) is 19.2 Å². The maximum atomic E-state index is 11.0. The molecule has 6 nitrogen and oxygen atoms in total. The number of aryl methyl sites for hydroxylation is 1. The zero-order valence-corrected chi connectivity index (χ0v) is 11.2. The van der Waals surface area contributed by atoms with Crippen molar-refractivity contribution in [1.82, 2.24) is 9.97 Å². The first-order chi connectivity index (χ1) is 8.56. The smallest absolute Gasteiger partial charge is 0.236 e. The SMILES string of the molecule is CCCNc1cc(N(CC)CC(N)=O)nc(C)n1. The van der Waals surface area contributed by atoms with E-state index in [0.29, 0.717) is 12.4 Å². The molecular weight excluding hydrogens is 230 g/mol. The Bertz CT molecular complexity index is 407. The molecule has 1 aromatic heterocycles. The van der Waals surface area contributed by atoms with Crippen LogP contribution in [0.4, 0.5) is 11.6 Å². The molecule has 0 saturated carbocycles. The van der Waals surface area contributed by atoms with Gasteiger partial charge in [-0.05, 0) is 20.3 Å². The Balaban J connectivity index is 2.91. The molecule has 0 atom stereocenters. The largest absolute Gasteiger partial charge is 0.370 e. The maximum absolute atomic E-state index is 11.0. The molecule has 0 bridgehead atoms. The van der Waals surface area contributed by atoms with Crippen molar-refractivity contribution < 1.29 is 4.79 Å². The van der Waals surface area contributed by atoms with Gasteiger partial charge in [-0.3, -0.25) is 4.79 Å². The van der Waals surface area contributed by atoms with Gasteiger partial charge in [0.1, 0.15) is 17.5 Å². The summed E-state index contributed by atoms with van der Waals surface area (Å²) in [5.41, 5.74) is 5.22. The number of hydrogen-bond acceptors (Lipinski definition) is 5. The molecule has 1 amide bonds. The topological polar surface area (TPSA) is 84.1 Å². The van der Waals surface area contributed by atoms with Crippen LogP contribution in [0, 0.1) is 6.92 Å². The zero-order valence-electron chi connectivity index (χ0n) is 11.2. The molecule has 0 fully saturated rings. The molecule has 1 aromatic rings. The molecule has 18 heavy (non-hydrogen) atoms. The van der Waals surface area contributed by atoms with E-state index in [4.69, 9.17) is 5.73 Å². The van der Waals surface area contributed by atoms with Crippen LogP contribution < -0.4 is 16.0 Å². The van der Waals surface area contributed by atoms with Crippen molar-refractivity contribution in [1.29, 1.82) is 0 Å². The predicted octanol–water partition coefficient (Wildman–Crippen LogP) is 0.919. The monoisotopic (exact) mass is 251 g/mol. The molecule has 0 spiro atoms. The summed E-state index contributed by atoms with van der Waals surface area (Å²) in [6, 6.07) is 1.84. The molecule has 100 valence electrons. The Morgan fingerprint density at radius 2 is 2.17 bits per heavy atom. The van der Waals surface area contributed by atoms with E-state index >= 15 is 0 Å². The molecular formula is C12H21N5O. The lowest BCUT2D eigenvalue weighted by Crippen LogP contribution is -2.34. The van der Waals surface area contributed by atoms with Gasteiger partial charge in [-0.15, -0.1) is 0 Å². The number of carbonyl (C=O) groups excluding carboxylic acids is 1. The van der Waals surface area contributed by atoms with E-state index in [-0.39, 0.29) is 12.5 Å². The van der Waals surface area contributed by atoms with Crippen molar-refractivity contribution in [3.8, 4) is 0 Å². The van der Waals surface area contributed by atoms with Gasteiger partial charge in [0.05, 0.1) is 6.54 Å². The Kier molecular flexibility index (Phi) is 5.35. The molecule has 0 saturated heterocycles. The van der Waals surface area contributed by atoms with Crippen LogP contribution in [0.15, 0.2) is 6.07 Å². The number of nitrogens with zero attached hydrogens (tertiary/aromatic N) is 3. The van der Waals surface area contributed by atoms with Crippen molar-refractivity contribution in [3.05, 3.63) is 11.9 Å². The highest BCUT2D eigenvalue weighted by Crippen LogP contribution is 2.15. The van der Waals surface area contributed by atoms with Gasteiger partial charge in [0.15, 0.2) is 0 Å². The van der Waals surface area contributed by atoms with Crippen molar-refractivity contribution in [2.45, 2.75) is 27.2 Å². The summed E-state index contributed by atoms with van der Waals surface area (Å²) in [5, 5.41) is 3.21. The van der Waals surface area contributed by atoms with Crippen LogP contribution in [0.2, 0.25) is 0 Å². The van der Waals surface area contributed by atoms with Crippen LogP contribution in [0.1, 0.15) is 26.1 Å². The standard InChI is InChI=1S/C12H21N5O/c1-4-6-14-11-7-12(16-9(3)15-11)17(5-2)8-10(13)18/h7H,4-6,8H2,1-3H3,(H2,13,18)(H,14,15,16). The van der Waals surface area contributed by atoms with Crippen LogP contribution in [-0.2, 0) is 4.79 Å². The van der Waals surface area contributed by atoms with Gasteiger partial charge in [0.25, 0.3) is 0 Å². The van der Waals surface area contributed by atoms with Crippen molar-refractivity contribution >= 4 is 17.5 Å². The Morgan fingerprint density at radius 1 is 1.44 bits per heavy atom. The van der Waals surface area contributed by atoms with Gasteiger partial charge < -0.3 is 16.0 Å². The van der Waals surface area contributed by atoms with Crippen LogP contribution in [0.3, 0.4) is 0 Å². The number of nitrogens with one attached hydrogen (secondary N) is 1. The highest BCUT2D eigenvalue weighted by atomic mass is 16.1. The van der Waals surface area contributed by atoms with Crippen LogP contribution in [0.25, 0.3) is 0 Å². The lowest BCUT2D eigenvalue weighted by atomic mass is 10.4. The van der Waals surface area contributed by atoms with E-state index in [9.17, 15) is 4.79 Å². The second-order valence-electron chi connectivity index (χ2n) is 4.07. The summed E-state index contributed by atoms with van der Waals surface area (Å²) < 4.78 is 0. The van der Waals surface area contributed by atoms with Gasteiger partial charge >= 0.3 is 0 Å². The molecule has 1 heterocycles. The molecule has 6 heteroatoms. The number of primary amides is 1. The molecule has 0 aliphatic heterocycles. The van der Waals surface area contributed by atoms with Crippen LogP contribution in [0.5, 0.6) is 0 Å². The lowest BCUT2D eigenvalue weighted by Gasteiger charge is -2.21. The Morgan fingerprint density at radius 3 is 2.72 bits per heavy atom.